The highest BCUT2D eigenvalue weighted by molar-refractivity contribution is 5.93. The molecule has 0 aliphatic heterocycles. The smallest absolute Gasteiger partial charge is 0.412 e. The highest BCUT2D eigenvalue weighted by Crippen LogP contribution is 1.98. The second kappa shape index (κ2) is 5.00. The summed E-state index contributed by atoms with van der Waals surface area (Å²) in [4.78, 5) is 20.9. The van der Waals surface area contributed by atoms with Gasteiger partial charge in [0.25, 0.3) is 0 Å². The summed E-state index contributed by atoms with van der Waals surface area (Å²) in [6.07, 6.45) is -0.204. The van der Waals surface area contributed by atoms with Crippen molar-refractivity contribution in [3.8, 4) is 0 Å². The number of nitrogens with two attached hydrogens (primary N) is 1. The Labute approximate surface area is 68.9 Å². The van der Waals surface area contributed by atoms with Crippen molar-refractivity contribution in [1.29, 1.82) is 0 Å². The molecular weight excluding hydrogens is 166 g/mol. The highest BCUT2D eigenvalue weighted by Gasteiger charge is 2.14. The summed E-state index contributed by atoms with van der Waals surface area (Å²) in [5.41, 5.74) is 4.58. The molecule has 0 aliphatic rings. The quantitative estimate of drug-likeness (QED) is 0.276. The molecule has 2 N–H and O–H groups in total. The molecule has 1 amide bonds. The molecule has 6 heteroatoms. The summed E-state index contributed by atoms with van der Waals surface area (Å²) in [6.45, 7) is 0. The van der Waals surface area contributed by atoms with E-state index in [2.05, 4.69) is 19.9 Å². The van der Waals surface area contributed by atoms with E-state index in [0.717, 1.165) is 6.26 Å². The molecule has 0 aromatic rings. The van der Waals surface area contributed by atoms with Crippen LogP contribution in [0.1, 0.15) is 0 Å². The number of carbonyl (C=O) groups is 2. The molecule has 0 aromatic carbocycles. The number of methoxy groups -OCH3 is 2. The Morgan fingerprint density at radius 3 is 2.25 bits per heavy atom. The lowest BCUT2D eigenvalue weighted by Gasteiger charge is -2.02. The highest BCUT2D eigenvalue weighted by atomic mass is 16.6. The number of ether oxygens (including phenoxy) is 3. The third-order valence-corrected chi connectivity index (χ3v) is 0.839. The number of hydrogen-bond acceptors (Lipinski definition) is 5. The minimum absolute atomic E-state index is 0.240. The van der Waals surface area contributed by atoms with Gasteiger partial charge in [0.1, 0.15) is 6.26 Å². The summed E-state index contributed by atoms with van der Waals surface area (Å²) >= 11 is 0. The lowest BCUT2D eigenvalue weighted by atomic mass is 10.5. The van der Waals surface area contributed by atoms with Gasteiger partial charge in [-0.05, 0) is 0 Å². The van der Waals surface area contributed by atoms with Crippen molar-refractivity contribution in [3.63, 3.8) is 0 Å². The van der Waals surface area contributed by atoms with Gasteiger partial charge in [0, 0.05) is 0 Å². The predicted molar refractivity (Wildman–Crippen MR) is 37.8 cm³/mol. The number of primary amides is 1. The standard InChI is InChI=1S/C6H9NO5/c1-10-3-4(11-2)5(8)12-6(7)9/h3H,1-2H3,(H2,7,9). The largest absolute Gasteiger partial charge is 0.500 e. The molecule has 6 nitrogen and oxygen atoms in total. The Hall–Kier alpha value is -1.72. The molecule has 0 atom stereocenters. The van der Waals surface area contributed by atoms with Crippen LogP contribution in [0.5, 0.6) is 0 Å². The number of esters is 1. The van der Waals surface area contributed by atoms with Crippen molar-refractivity contribution in [2.75, 3.05) is 14.2 Å². The molecule has 0 fully saturated rings. The molecule has 0 bridgehead atoms. The van der Waals surface area contributed by atoms with Crippen molar-refractivity contribution in [2.45, 2.75) is 0 Å². The van der Waals surface area contributed by atoms with Crippen LogP contribution < -0.4 is 5.73 Å². The summed E-state index contributed by atoms with van der Waals surface area (Å²) in [5.74, 6) is -1.23. The molecule has 0 saturated carbocycles. The zero-order valence-electron chi connectivity index (χ0n) is 6.70. The first-order valence-electron chi connectivity index (χ1n) is 2.90. The topological polar surface area (TPSA) is 87.8 Å². The molecule has 0 unspecified atom stereocenters. The first-order valence-corrected chi connectivity index (χ1v) is 2.90. The maximum absolute atomic E-state index is 10.8. The van der Waals surface area contributed by atoms with E-state index in [-0.39, 0.29) is 5.76 Å². The summed E-state index contributed by atoms with van der Waals surface area (Å²) in [7, 11) is 2.55. The first kappa shape index (κ1) is 10.3. The molecule has 0 aromatic heterocycles. The van der Waals surface area contributed by atoms with Crippen LogP contribution in [0.15, 0.2) is 12.0 Å². The summed E-state index contributed by atoms with van der Waals surface area (Å²) in [5, 5.41) is 0. The molecule has 0 rings (SSSR count). The normalized spacial score (nSPS) is 10.3. The number of carbonyl (C=O) groups excluding carboxylic acids is 2. The number of hydrogen-bond donors (Lipinski definition) is 1. The maximum Gasteiger partial charge on any atom is 0.412 e. The van der Waals surface area contributed by atoms with Crippen molar-refractivity contribution in [2.24, 2.45) is 5.73 Å². The third kappa shape index (κ3) is 3.45. The van der Waals surface area contributed by atoms with Crippen LogP contribution >= 0.6 is 0 Å². The molecule has 68 valence electrons. The van der Waals surface area contributed by atoms with Crippen LogP contribution in [-0.4, -0.2) is 26.3 Å². The van der Waals surface area contributed by atoms with E-state index in [9.17, 15) is 9.59 Å². The van der Waals surface area contributed by atoms with Crippen molar-refractivity contribution >= 4 is 12.1 Å². The monoisotopic (exact) mass is 175 g/mol. The van der Waals surface area contributed by atoms with E-state index in [0.29, 0.717) is 0 Å². The van der Waals surface area contributed by atoms with Gasteiger partial charge in [-0.1, -0.05) is 0 Å². The average Bonchev–Trinajstić information content (AvgIpc) is 1.98. The van der Waals surface area contributed by atoms with Crippen molar-refractivity contribution < 1.29 is 23.8 Å². The molecule has 0 saturated heterocycles. The van der Waals surface area contributed by atoms with E-state index < -0.39 is 12.1 Å². The number of amides is 1. The van der Waals surface area contributed by atoms with Crippen molar-refractivity contribution in [1.82, 2.24) is 0 Å². The molecule has 0 aliphatic carbocycles. The Bertz CT molecular complexity index is 210. The number of rotatable bonds is 3. The van der Waals surface area contributed by atoms with Gasteiger partial charge in [-0.2, -0.15) is 0 Å². The SMILES string of the molecule is COC=C(OC)C(=O)OC(N)=O. The van der Waals surface area contributed by atoms with Crippen LogP contribution in [0.25, 0.3) is 0 Å². The van der Waals surface area contributed by atoms with Gasteiger partial charge in [0.2, 0.25) is 5.76 Å². The fourth-order valence-corrected chi connectivity index (χ4v) is 0.428. The fourth-order valence-electron chi connectivity index (χ4n) is 0.428. The van der Waals surface area contributed by atoms with Crippen LogP contribution in [0.4, 0.5) is 4.79 Å². The summed E-state index contributed by atoms with van der Waals surface area (Å²) in [6, 6.07) is 0. The van der Waals surface area contributed by atoms with Gasteiger partial charge < -0.3 is 19.9 Å². The maximum atomic E-state index is 10.8. The zero-order chi connectivity index (χ0) is 9.56. The molecule has 12 heavy (non-hydrogen) atoms. The van der Waals surface area contributed by atoms with Gasteiger partial charge >= 0.3 is 12.1 Å². The van der Waals surface area contributed by atoms with Crippen LogP contribution in [0, 0.1) is 0 Å². The Balaban J connectivity index is 4.22. The van der Waals surface area contributed by atoms with E-state index in [1.54, 1.807) is 0 Å². The van der Waals surface area contributed by atoms with Gasteiger partial charge in [0.05, 0.1) is 14.2 Å². The Morgan fingerprint density at radius 1 is 1.33 bits per heavy atom. The Morgan fingerprint density at radius 2 is 1.92 bits per heavy atom. The minimum atomic E-state index is -1.20. The van der Waals surface area contributed by atoms with Crippen LogP contribution in [-0.2, 0) is 19.0 Å². The fraction of sp³-hybridized carbons (Fsp3) is 0.333. The zero-order valence-corrected chi connectivity index (χ0v) is 6.70. The second-order valence-corrected chi connectivity index (χ2v) is 1.63. The summed E-state index contributed by atoms with van der Waals surface area (Å²) < 4.78 is 12.9. The third-order valence-electron chi connectivity index (χ3n) is 0.839. The second-order valence-electron chi connectivity index (χ2n) is 1.63. The lowest BCUT2D eigenvalue weighted by Crippen LogP contribution is -2.20. The van der Waals surface area contributed by atoms with E-state index >= 15 is 0 Å². The molecule has 0 heterocycles. The Kier molecular flexibility index (Phi) is 4.28. The van der Waals surface area contributed by atoms with Crippen molar-refractivity contribution in [3.05, 3.63) is 12.0 Å². The van der Waals surface area contributed by atoms with Crippen LogP contribution in [0.3, 0.4) is 0 Å². The van der Waals surface area contributed by atoms with Gasteiger partial charge in [-0.25, -0.2) is 9.59 Å². The molecular formula is C6H9NO5. The van der Waals surface area contributed by atoms with E-state index in [1.165, 1.54) is 14.2 Å². The van der Waals surface area contributed by atoms with Gasteiger partial charge in [0.15, 0.2) is 0 Å². The van der Waals surface area contributed by atoms with Crippen LogP contribution in [0.2, 0.25) is 0 Å². The average molecular weight is 175 g/mol. The first-order chi connectivity index (χ1) is 5.61. The van der Waals surface area contributed by atoms with E-state index in [1.807, 2.05) is 0 Å². The lowest BCUT2D eigenvalue weighted by molar-refractivity contribution is -0.136. The predicted octanol–water partition coefficient (Wildman–Crippen LogP) is -0.257. The van der Waals surface area contributed by atoms with Gasteiger partial charge in [-0.3, -0.25) is 0 Å². The van der Waals surface area contributed by atoms with Gasteiger partial charge in [-0.15, -0.1) is 0 Å². The molecule has 0 spiro atoms. The minimum Gasteiger partial charge on any atom is -0.500 e. The van der Waals surface area contributed by atoms with E-state index in [4.69, 9.17) is 0 Å². The molecule has 0 radical (unpaired) electrons.